The average molecular weight is 435 g/mol. The Morgan fingerprint density at radius 2 is 2.12 bits per heavy atom. The minimum atomic E-state index is -0.0262. The number of likely N-dealkylation sites (tertiary alicyclic amines) is 1. The van der Waals surface area contributed by atoms with Crippen LogP contribution in [0.1, 0.15) is 73.8 Å². The third-order valence-electron chi connectivity index (χ3n) is 5.69. The van der Waals surface area contributed by atoms with Gasteiger partial charge in [0, 0.05) is 42.9 Å². The van der Waals surface area contributed by atoms with Gasteiger partial charge in [-0.25, -0.2) is 4.98 Å². The second-order valence-corrected chi connectivity index (χ2v) is 8.65. The van der Waals surface area contributed by atoms with Crippen molar-refractivity contribution in [3.05, 3.63) is 59.2 Å². The molecule has 1 aliphatic rings. The lowest BCUT2D eigenvalue weighted by Crippen LogP contribution is -2.31. The smallest absolute Gasteiger partial charge is 0.223 e. The predicted molar refractivity (Wildman–Crippen MR) is 122 cm³/mol. The van der Waals surface area contributed by atoms with E-state index >= 15 is 0 Å². The van der Waals surface area contributed by atoms with E-state index in [1.165, 1.54) is 0 Å². The number of aromatic nitrogens is 4. The molecule has 1 saturated heterocycles. The fourth-order valence-electron chi connectivity index (χ4n) is 4.02. The van der Waals surface area contributed by atoms with Crippen molar-refractivity contribution >= 4 is 17.4 Å². The standard InChI is InChI=1S/C24H30N6O2/c1-15(2)24-29-28-21(32-24)9-10-22(31)30-12-6-8-20(30)19-14-18(13-17(4)26-19)27-23-16(3)7-5-11-25-23/h5,7,11,13-15,20H,6,8-10,12H2,1-4H3,(H,25,26,27). The Morgan fingerprint density at radius 1 is 1.28 bits per heavy atom. The highest BCUT2D eigenvalue weighted by atomic mass is 16.4. The van der Waals surface area contributed by atoms with Crippen molar-refractivity contribution in [1.29, 1.82) is 0 Å². The summed E-state index contributed by atoms with van der Waals surface area (Å²) in [4.78, 5) is 24.2. The second kappa shape index (κ2) is 9.46. The van der Waals surface area contributed by atoms with E-state index < -0.39 is 0 Å². The van der Waals surface area contributed by atoms with Crippen LogP contribution in [-0.2, 0) is 11.2 Å². The van der Waals surface area contributed by atoms with Gasteiger partial charge in [-0.3, -0.25) is 9.78 Å². The van der Waals surface area contributed by atoms with Crippen LogP contribution in [0.25, 0.3) is 0 Å². The molecule has 168 valence electrons. The minimum absolute atomic E-state index is 0.0262. The summed E-state index contributed by atoms with van der Waals surface area (Å²) >= 11 is 0. The van der Waals surface area contributed by atoms with Gasteiger partial charge in [0.05, 0.1) is 11.7 Å². The Morgan fingerprint density at radius 3 is 2.88 bits per heavy atom. The molecule has 0 bridgehead atoms. The molecular weight excluding hydrogens is 404 g/mol. The number of rotatable bonds is 7. The van der Waals surface area contributed by atoms with Crippen LogP contribution >= 0.6 is 0 Å². The first-order chi connectivity index (χ1) is 15.4. The van der Waals surface area contributed by atoms with Crippen LogP contribution in [0, 0.1) is 13.8 Å². The van der Waals surface area contributed by atoms with E-state index in [0.29, 0.717) is 24.6 Å². The van der Waals surface area contributed by atoms with E-state index in [1.807, 2.05) is 56.9 Å². The van der Waals surface area contributed by atoms with Gasteiger partial charge in [0.1, 0.15) is 5.82 Å². The molecule has 4 heterocycles. The number of anilines is 2. The number of amides is 1. The van der Waals surface area contributed by atoms with E-state index in [1.54, 1.807) is 6.20 Å². The Bertz CT molecular complexity index is 1090. The molecule has 1 N–H and O–H groups in total. The SMILES string of the molecule is Cc1cc(Nc2ncccc2C)cc(C2CCCN2C(=O)CCc2nnc(C(C)C)o2)n1. The summed E-state index contributed by atoms with van der Waals surface area (Å²) in [5.74, 6) is 2.22. The molecule has 0 radical (unpaired) electrons. The van der Waals surface area contributed by atoms with Gasteiger partial charge >= 0.3 is 0 Å². The zero-order valence-electron chi connectivity index (χ0n) is 19.1. The third kappa shape index (κ3) is 4.95. The maximum Gasteiger partial charge on any atom is 0.223 e. The summed E-state index contributed by atoms with van der Waals surface area (Å²) in [7, 11) is 0. The van der Waals surface area contributed by atoms with Gasteiger partial charge in [-0.2, -0.15) is 0 Å². The molecule has 0 spiro atoms. The van der Waals surface area contributed by atoms with Crippen LogP contribution in [0.3, 0.4) is 0 Å². The average Bonchev–Trinajstić information content (AvgIpc) is 3.43. The summed E-state index contributed by atoms with van der Waals surface area (Å²) in [6.45, 7) is 8.75. The molecule has 8 nitrogen and oxygen atoms in total. The first-order valence-corrected chi connectivity index (χ1v) is 11.2. The molecule has 0 aromatic carbocycles. The maximum atomic E-state index is 13.0. The van der Waals surface area contributed by atoms with Gasteiger partial charge in [-0.15, -0.1) is 10.2 Å². The monoisotopic (exact) mass is 434 g/mol. The van der Waals surface area contributed by atoms with E-state index in [2.05, 4.69) is 20.5 Å². The van der Waals surface area contributed by atoms with Crippen molar-refractivity contribution in [1.82, 2.24) is 25.1 Å². The van der Waals surface area contributed by atoms with Crippen molar-refractivity contribution in [3.63, 3.8) is 0 Å². The van der Waals surface area contributed by atoms with Crippen LogP contribution in [0.15, 0.2) is 34.9 Å². The lowest BCUT2D eigenvalue weighted by atomic mass is 10.1. The normalized spacial score (nSPS) is 16.0. The van der Waals surface area contributed by atoms with Crippen molar-refractivity contribution in [2.45, 2.75) is 65.3 Å². The molecule has 0 aliphatic carbocycles. The van der Waals surface area contributed by atoms with Crippen LogP contribution < -0.4 is 5.32 Å². The molecule has 1 atom stereocenters. The van der Waals surface area contributed by atoms with Gasteiger partial charge in [-0.05, 0) is 50.5 Å². The molecule has 3 aromatic heterocycles. The minimum Gasteiger partial charge on any atom is -0.425 e. The van der Waals surface area contributed by atoms with Crippen molar-refractivity contribution in [3.8, 4) is 0 Å². The van der Waals surface area contributed by atoms with Gasteiger partial charge < -0.3 is 14.6 Å². The number of pyridine rings is 2. The molecule has 1 aliphatic heterocycles. The fourth-order valence-corrected chi connectivity index (χ4v) is 4.02. The van der Waals surface area contributed by atoms with Crippen LogP contribution in [-0.4, -0.2) is 37.5 Å². The van der Waals surface area contributed by atoms with Gasteiger partial charge in [-0.1, -0.05) is 19.9 Å². The zero-order valence-corrected chi connectivity index (χ0v) is 19.1. The first-order valence-electron chi connectivity index (χ1n) is 11.2. The Balaban J connectivity index is 1.46. The first kappa shape index (κ1) is 21.9. The van der Waals surface area contributed by atoms with E-state index in [-0.39, 0.29) is 17.9 Å². The second-order valence-electron chi connectivity index (χ2n) is 8.65. The summed E-state index contributed by atoms with van der Waals surface area (Å²) in [5.41, 5.74) is 3.82. The fraction of sp³-hybridized carbons (Fsp3) is 0.458. The Hall–Kier alpha value is -3.29. The van der Waals surface area contributed by atoms with Crippen LogP contribution in [0.2, 0.25) is 0 Å². The summed E-state index contributed by atoms with van der Waals surface area (Å²) in [6.07, 6.45) is 4.44. The highest BCUT2D eigenvalue weighted by molar-refractivity contribution is 5.77. The van der Waals surface area contributed by atoms with Gasteiger partial charge in [0.15, 0.2) is 0 Å². The van der Waals surface area contributed by atoms with E-state index in [9.17, 15) is 4.79 Å². The van der Waals surface area contributed by atoms with Crippen molar-refractivity contribution in [2.75, 3.05) is 11.9 Å². The number of carbonyl (C=O) groups is 1. The third-order valence-corrected chi connectivity index (χ3v) is 5.69. The predicted octanol–water partition coefficient (Wildman–Crippen LogP) is 4.64. The number of aryl methyl sites for hydroxylation is 3. The van der Waals surface area contributed by atoms with E-state index in [4.69, 9.17) is 9.40 Å². The van der Waals surface area contributed by atoms with Crippen LogP contribution in [0.4, 0.5) is 11.5 Å². The van der Waals surface area contributed by atoms with Crippen molar-refractivity contribution in [2.24, 2.45) is 0 Å². The molecule has 1 fully saturated rings. The highest BCUT2D eigenvalue weighted by Crippen LogP contribution is 2.33. The lowest BCUT2D eigenvalue weighted by Gasteiger charge is -2.25. The lowest BCUT2D eigenvalue weighted by molar-refractivity contribution is -0.132. The number of hydrogen-bond acceptors (Lipinski definition) is 7. The highest BCUT2D eigenvalue weighted by Gasteiger charge is 2.31. The quantitative estimate of drug-likeness (QED) is 0.578. The molecule has 0 saturated carbocycles. The van der Waals surface area contributed by atoms with Crippen LogP contribution in [0.5, 0.6) is 0 Å². The maximum absolute atomic E-state index is 13.0. The molecular formula is C24H30N6O2. The summed E-state index contributed by atoms with van der Waals surface area (Å²) in [5, 5.41) is 11.5. The number of nitrogens with zero attached hydrogens (tertiary/aromatic N) is 5. The Labute approximate surface area is 188 Å². The summed E-state index contributed by atoms with van der Waals surface area (Å²) in [6, 6.07) is 7.95. The molecule has 1 unspecified atom stereocenters. The number of carbonyl (C=O) groups excluding carboxylic acids is 1. The molecule has 1 amide bonds. The molecule has 32 heavy (non-hydrogen) atoms. The zero-order chi connectivity index (χ0) is 22.7. The number of hydrogen-bond donors (Lipinski definition) is 1. The largest absolute Gasteiger partial charge is 0.425 e. The Kier molecular flexibility index (Phi) is 6.48. The number of nitrogens with one attached hydrogen (secondary N) is 1. The van der Waals surface area contributed by atoms with E-state index in [0.717, 1.165) is 47.8 Å². The topological polar surface area (TPSA) is 97.0 Å². The van der Waals surface area contributed by atoms with Gasteiger partial charge in [0.25, 0.3) is 0 Å². The molecule has 3 aromatic rings. The molecule has 4 rings (SSSR count). The van der Waals surface area contributed by atoms with Crippen molar-refractivity contribution < 1.29 is 9.21 Å². The van der Waals surface area contributed by atoms with Gasteiger partial charge in [0.2, 0.25) is 17.7 Å². The molecule has 8 heteroatoms. The summed E-state index contributed by atoms with van der Waals surface area (Å²) < 4.78 is 5.65.